The highest BCUT2D eigenvalue weighted by molar-refractivity contribution is 7.00. The number of fused-ring (bicyclic) bond motifs is 10. The molecule has 2 nitrogen and oxygen atoms in total. The van der Waals surface area contributed by atoms with Crippen LogP contribution in [0.25, 0.3) is 22.8 Å². The van der Waals surface area contributed by atoms with E-state index in [-0.39, 0.29) is 50.0 Å². The molecule has 2 atom stereocenters. The molecule has 0 spiro atoms. The average Bonchev–Trinajstić information content (AvgIpc) is 0.968. The van der Waals surface area contributed by atoms with Gasteiger partial charge in [0.15, 0.2) is 0 Å². The number of hydrogen-bond acceptors (Lipinski definition) is 2. The summed E-state index contributed by atoms with van der Waals surface area (Å²) in [7, 11) is 0. The van der Waals surface area contributed by atoms with Gasteiger partial charge in [-0.15, -0.1) is 0 Å². The van der Waals surface area contributed by atoms with Gasteiger partial charge in [-0.2, -0.15) is 0 Å². The third-order valence-corrected chi connectivity index (χ3v) is 22.6. The fraction of sp³-hybridized carbons (Fsp3) is 0.383. The van der Waals surface area contributed by atoms with Gasteiger partial charge in [-0.3, -0.25) is 0 Å². The second-order valence-electron chi connectivity index (χ2n) is 31.8. The van der Waals surface area contributed by atoms with Gasteiger partial charge in [0, 0.05) is 55.7 Å². The maximum Gasteiger partial charge on any atom is 0.252 e. The number of hydrogen-bond donors (Lipinski definition) is 0. The third kappa shape index (κ3) is 7.74. The maximum absolute atomic E-state index is 2.74. The molecule has 0 amide bonds. The summed E-state index contributed by atoms with van der Waals surface area (Å²) in [6, 6.07) is 58.7. The smallest absolute Gasteiger partial charge is 0.252 e. The van der Waals surface area contributed by atoms with Crippen molar-refractivity contribution in [1.82, 2.24) is 0 Å². The highest BCUT2D eigenvalue weighted by Gasteiger charge is 2.56. The highest BCUT2D eigenvalue weighted by atomic mass is 15.2. The van der Waals surface area contributed by atoms with E-state index in [0.29, 0.717) is 0 Å². The summed E-state index contributed by atoms with van der Waals surface area (Å²) in [6.07, 6.45) is 8.73. The van der Waals surface area contributed by atoms with Crippen LogP contribution in [0.5, 0.6) is 0 Å². The number of allylic oxidation sites excluding steroid dienone is 1. The zero-order valence-electron chi connectivity index (χ0n) is 53.9. The van der Waals surface area contributed by atoms with Gasteiger partial charge in [0.1, 0.15) is 0 Å². The number of nitrogens with zero attached hydrogens (tertiary/aromatic N) is 2. The first-order valence-corrected chi connectivity index (χ1v) is 31.9. The Bertz CT molecular complexity index is 4150. The van der Waals surface area contributed by atoms with Crippen molar-refractivity contribution in [1.29, 1.82) is 0 Å². The molecule has 0 N–H and O–H groups in total. The van der Waals surface area contributed by atoms with Gasteiger partial charge in [0.05, 0.1) is 5.69 Å². The minimum absolute atomic E-state index is 0.0149. The van der Waals surface area contributed by atoms with Gasteiger partial charge in [-0.05, 0) is 197 Å². The molecule has 14 rings (SSSR count). The van der Waals surface area contributed by atoms with Crippen LogP contribution in [0.1, 0.15) is 215 Å². The molecule has 2 aliphatic heterocycles. The standard InChI is InChI=1S/C81H89BN2/c1-49-38-71-73-72(39-49)84(68-46-62-61(40-50(68)2)76(9,10)48-77(62,11)12)69-42-51(41-59-55-33-31-54(75(6,7)8)44-60(55)81(18)37-25-24-36-80(59,81)17)30-34-65(69)82(73)66-45-63-64(79(15,16)58-29-23-22-28-57(58)78(63,13)14)47-70(66)83(71)67-35-32-53(74(3,4)5)43-56(67)52-26-20-19-21-27-52/h19-23,26-35,38-47H,24-25,36-37,48H2,1-18H3/b59-41+. The molecular formula is C81H89BN2. The lowest BCUT2D eigenvalue weighted by atomic mass is 9.33. The second kappa shape index (κ2) is 17.9. The molecule has 4 aliphatic carbocycles. The van der Waals surface area contributed by atoms with Crippen LogP contribution < -0.4 is 26.2 Å². The fourth-order valence-electron chi connectivity index (χ4n) is 17.9. The van der Waals surface area contributed by atoms with E-state index in [0.717, 1.165) is 6.42 Å². The lowest BCUT2D eigenvalue weighted by Gasteiger charge is -2.48. The Morgan fingerprint density at radius 2 is 0.976 bits per heavy atom. The van der Waals surface area contributed by atoms with Crippen molar-refractivity contribution in [2.45, 2.75) is 195 Å². The summed E-state index contributed by atoms with van der Waals surface area (Å²) in [6.45, 7) is 43.9. The van der Waals surface area contributed by atoms with E-state index in [1.807, 2.05) is 0 Å². The van der Waals surface area contributed by atoms with Crippen molar-refractivity contribution >= 4 is 68.9 Å². The van der Waals surface area contributed by atoms with Crippen LogP contribution >= 0.6 is 0 Å². The Labute approximate surface area is 504 Å². The molecule has 84 heavy (non-hydrogen) atoms. The minimum atomic E-state index is -0.242. The lowest BCUT2D eigenvalue weighted by Crippen LogP contribution is -2.62. The quantitative estimate of drug-likeness (QED) is 0.162. The minimum Gasteiger partial charge on any atom is -0.311 e. The predicted molar refractivity (Wildman–Crippen MR) is 362 cm³/mol. The molecule has 0 bridgehead atoms. The first-order chi connectivity index (χ1) is 39.5. The molecule has 1 fully saturated rings. The van der Waals surface area contributed by atoms with Crippen LogP contribution in [0.15, 0.2) is 146 Å². The van der Waals surface area contributed by atoms with Crippen molar-refractivity contribution in [3.05, 3.63) is 218 Å². The van der Waals surface area contributed by atoms with Crippen molar-refractivity contribution in [2.24, 2.45) is 5.41 Å². The molecule has 3 heteroatoms. The average molecular weight is 1100 g/mol. The molecular weight excluding hydrogens is 1010 g/mol. The Kier molecular flexibility index (Phi) is 11.7. The van der Waals surface area contributed by atoms with Gasteiger partial charge in [-0.1, -0.05) is 233 Å². The maximum atomic E-state index is 2.74. The topological polar surface area (TPSA) is 6.48 Å². The van der Waals surface area contributed by atoms with E-state index in [2.05, 4.69) is 286 Å². The first kappa shape index (κ1) is 55.1. The summed E-state index contributed by atoms with van der Waals surface area (Å²) in [5, 5.41) is 0. The van der Waals surface area contributed by atoms with Gasteiger partial charge in [-0.25, -0.2) is 0 Å². The lowest BCUT2D eigenvalue weighted by molar-refractivity contribution is 0.165. The van der Waals surface area contributed by atoms with Crippen LogP contribution in [0, 0.1) is 19.3 Å². The van der Waals surface area contributed by atoms with Crippen molar-refractivity contribution in [3.8, 4) is 11.1 Å². The Morgan fingerprint density at radius 1 is 0.429 bits per heavy atom. The molecule has 8 aromatic rings. The van der Waals surface area contributed by atoms with Crippen molar-refractivity contribution in [2.75, 3.05) is 9.80 Å². The number of anilines is 6. The third-order valence-electron chi connectivity index (χ3n) is 22.6. The monoisotopic (exact) mass is 1100 g/mol. The van der Waals surface area contributed by atoms with Crippen molar-refractivity contribution < 1.29 is 0 Å². The van der Waals surface area contributed by atoms with E-state index >= 15 is 0 Å². The Morgan fingerprint density at radius 3 is 1.62 bits per heavy atom. The fourth-order valence-corrected chi connectivity index (χ4v) is 17.9. The molecule has 426 valence electrons. The first-order valence-electron chi connectivity index (χ1n) is 31.9. The van der Waals surface area contributed by atoms with E-state index in [4.69, 9.17) is 0 Å². The molecule has 2 heterocycles. The van der Waals surface area contributed by atoms with Crippen LogP contribution in [-0.2, 0) is 37.9 Å². The Hall–Kier alpha value is -6.84. The zero-order valence-corrected chi connectivity index (χ0v) is 53.9. The second-order valence-corrected chi connectivity index (χ2v) is 31.8. The summed E-state index contributed by atoms with van der Waals surface area (Å²) in [5.74, 6) is 0. The van der Waals surface area contributed by atoms with Gasteiger partial charge < -0.3 is 9.80 Å². The van der Waals surface area contributed by atoms with Crippen molar-refractivity contribution in [3.63, 3.8) is 0 Å². The normalized spacial score (nSPS) is 22.1. The van der Waals surface area contributed by atoms with Gasteiger partial charge in [0.2, 0.25) is 0 Å². The van der Waals surface area contributed by atoms with E-state index in [1.165, 1.54) is 160 Å². The van der Waals surface area contributed by atoms with E-state index in [9.17, 15) is 0 Å². The summed E-state index contributed by atoms with van der Waals surface area (Å²) < 4.78 is 0. The van der Waals surface area contributed by atoms with Crippen LogP contribution in [0.3, 0.4) is 0 Å². The van der Waals surface area contributed by atoms with Crippen LogP contribution in [0.2, 0.25) is 0 Å². The molecule has 1 saturated carbocycles. The molecule has 8 aromatic carbocycles. The SMILES string of the molecule is Cc1cc2c3c(c1)N(c1ccc(C(C)(C)C)cc1-c1ccccc1)c1cc4c(cc1B3c1ccc(/C=C3\c5ccc(C(C)(C)C)cc5C5(C)CCCCC35C)cc1N2c1cc2c(cc1C)C(C)(C)CC2(C)C)C(C)(C)c1ccccc1C4(C)C. The number of rotatable bonds is 4. The molecule has 2 unspecified atom stereocenters. The molecule has 6 aliphatic rings. The van der Waals surface area contributed by atoms with Gasteiger partial charge >= 0.3 is 0 Å². The predicted octanol–water partition coefficient (Wildman–Crippen LogP) is 20.0. The van der Waals surface area contributed by atoms with Crippen LogP contribution in [0.4, 0.5) is 34.1 Å². The van der Waals surface area contributed by atoms with Crippen LogP contribution in [-0.4, -0.2) is 6.71 Å². The largest absolute Gasteiger partial charge is 0.311 e. The molecule has 0 aromatic heterocycles. The Balaban J connectivity index is 1.09. The molecule has 0 saturated heterocycles. The summed E-state index contributed by atoms with van der Waals surface area (Å²) >= 11 is 0. The number of aryl methyl sites for hydroxylation is 2. The summed E-state index contributed by atoms with van der Waals surface area (Å²) in [4.78, 5) is 5.46. The van der Waals surface area contributed by atoms with E-state index in [1.54, 1.807) is 5.56 Å². The zero-order chi connectivity index (χ0) is 59.4. The van der Waals surface area contributed by atoms with Gasteiger partial charge in [0.25, 0.3) is 6.71 Å². The number of benzene rings is 8. The highest BCUT2D eigenvalue weighted by Crippen LogP contribution is 2.66. The molecule has 0 radical (unpaired) electrons. The van der Waals surface area contributed by atoms with E-state index < -0.39 is 0 Å². The summed E-state index contributed by atoms with van der Waals surface area (Å²) in [5.41, 5.74) is 33.7.